The van der Waals surface area contributed by atoms with E-state index in [9.17, 15) is 0 Å². The van der Waals surface area contributed by atoms with Gasteiger partial charge in [-0.15, -0.1) is 24.0 Å². The van der Waals surface area contributed by atoms with E-state index in [0.29, 0.717) is 5.41 Å². The maximum Gasteiger partial charge on any atom is 0.190 e. The van der Waals surface area contributed by atoms with Crippen molar-refractivity contribution in [3.8, 4) is 0 Å². The molecule has 0 radical (unpaired) electrons. The summed E-state index contributed by atoms with van der Waals surface area (Å²) in [5, 5.41) is 6.79. The third-order valence-electron chi connectivity index (χ3n) is 3.62. The van der Waals surface area contributed by atoms with Crippen molar-refractivity contribution in [1.29, 1.82) is 0 Å². The standard InChI is InChI=1S/C14H29N3O.HI/c1-4-6-10-16-13(15-3)17-12-14(7-8-14)9-11-18-5-2;/h4-12H2,1-3H3,(H2,15,16,17);1H. The molecule has 1 rings (SSSR count). The van der Waals surface area contributed by atoms with Gasteiger partial charge in [0.1, 0.15) is 0 Å². The van der Waals surface area contributed by atoms with Crippen LogP contribution in [0.2, 0.25) is 0 Å². The first-order valence-electron chi connectivity index (χ1n) is 7.28. The molecule has 0 bridgehead atoms. The van der Waals surface area contributed by atoms with Gasteiger partial charge >= 0.3 is 0 Å². The Labute approximate surface area is 135 Å². The Hall–Kier alpha value is -0.0400. The molecule has 1 aliphatic carbocycles. The molecule has 0 aromatic heterocycles. The Morgan fingerprint density at radius 3 is 2.53 bits per heavy atom. The molecule has 0 aliphatic heterocycles. The van der Waals surface area contributed by atoms with E-state index >= 15 is 0 Å². The van der Waals surface area contributed by atoms with Crippen molar-refractivity contribution in [2.45, 2.75) is 46.0 Å². The van der Waals surface area contributed by atoms with Gasteiger partial charge in [-0.05, 0) is 38.0 Å². The van der Waals surface area contributed by atoms with Crippen molar-refractivity contribution >= 4 is 29.9 Å². The highest BCUT2D eigenvalue weighted by Crippen LogP contribution is 2.48. The van der Waals surface area contributed by atoms with E-state index in [1.165, 1.54) is 32.1 Å². The average molecular weight is 383 g/mol. The molecular formula is C14H30IN3O. The molecule has 0 atom stereocenters. The second-order valence-corrected chi connectivity index (χ2v) is 5.15. The normalized spacial score (nSPS) is 16.7. The summed E-state index contributed by atoms with van der Waals surface area (Å²) in [6.45, 7) is 7.99. The lowest BCUT2D eigenvalue weighted by atomic mass is 10.0. The summed E-state index contributed by atoms with van der Waals surface area (Å²) in [5.41, 5.74) is 0.470. The maximum absolute atomic E-state index is 5.45. The number of ether oxygens (including phenoxy) is 1. The highest BCUT2D eigenvalue weighted by molar-refractivity contribution is 14.0. The zero-order valence-electron chi connectivity index (χ0n) is 12.6. The smallest absolute Gasteiger partial charge is 0.190 e. The van der Waals surface area contributed by atoms with Gasteiger partial charge in [0.15, 0.2) is 5.96 Å². The molecule has 0 aromatic rings. The van der Waals surface area contributed by atoms with E-state index in [-0.39, 0.29) is 24.0 Å². The number of halogens is 1. The van der Waals surface area contributed by atoms with Crippen molar-refractivity contribution < 1.29 is 4.74 Å². The third kappa shape index (κ3) is 7.97. The monoisotopic (exact) mass is 383 g/mol. The van der Waals surface area contributed by atoms with Gasteiger partial charge in [-0.3, -0.25) is 4.99 Å². The van der Waals surface area contributed by atoms with E-state index in [1.54, 1.807) is 0 Å². The van der Waals surface area contributed by atoms with Gasteiger partial charge in [-0.1, -0.05) is 13.3 Å². The van der Waals surface area contributed by atoms with Gasteiger partial charge in [-0.2, -0.15) is 0 Å². The number of unbranched alkanes of at least 4 members (excludes halogenated alkanes) is 1. The van der Waals surface area contributed by atoms with Gasteiger partial charge in [0.25, 0.3) is 0 Å². The first-order chi connectivity index (χ1) is 8.76. The SMILES string of the molecule is CCCCNC(=NC)NCC1(CCOCC)CC1.I. The van der Waals surface area contributed by atoms with Crippen molar-refractivity contribution in [3.63, 3.8) is 0 Å². The van der Waals surface area contributed by atoms with Crippen LogP contribution in [0.1, 0.15) is 46.0 Å². The van der Waals surface area contributed by atoms with E-state index < -0.39 is 0 Å². The minimum atomic E-state index is 0. The van der Waals surface area contributed by atoms with E-state index in [4.69, 9.17) is 4.74 Å². The molecule has 0 saturated heterocycles. The first kappa shape index (κ1) is 19.0. The van der Waals surface area contributed by atoms with Crippen LogP contribution < -0.4 is 10.6 Å². The Morgan fingerprint density at radius 2 is 2.00 bits per heavy atom. The molecule has 1 saturated carbocycles. The van der Waals surface area contributed by atoms with Crippen LogP contribution >= 0.6 is 24.0 Å². The van der Waals surface area contributed by atoms with Gasteiger partial charge in [0.2, 0.25) is 0 Å². The Balaban J connectivity index is 0.00000324. The van der Waals surface area contributed by atoms with Crippen molar-refractivity contribution in [1.82, 2.24) is 10.6 Å². The number of guanidine groups is 1. The lowest BCUT2D eigenvalue weighted by Crippen LogP contribution is -2.40. The van der Waals surface area contributed by atoms with Crippen molar-refractivity contribution in [3.05, 3.63) is 0 Å². The quantitative estimate of drug-likeness (QED) is 0.279. The van der Waals surface area contributed by atoms with Crippen LogP contribution in [0.3, 0.4) is 0 Å². The molecule has 0 aromatic carbocycles. The fraction of sp³-hybridized carbons (Fsp3) is 0.929. The van der Waals surface area contributed by atoms with Crippen LogP contribution in [-0.4, -0.2) is 39.3 Å². The van der Waals surface area contributed by atoms with Gasteiger partial charge in [0, 0.05) is 33.4 Å². The maximum atomic E-state index is 5.45. The average Bonchev–Trinajstić information content (AvgIpc) is 3.14. The number of aliphatic imine (C=N–C) groups is 1. The molecule has 0 unspecified atom stereocenters. The summed E-state index contributed by atoms with van der Waals surface area (Å²) in [6, 6.07) is 0. The molecular weight excluding hydrogens is 353 g/mol. The molecule has 0 heterocycles. The fourth-order valence-corrected chi connectivity index (χ4v) is 2.00. The Bertz CT molecular complexity index is 255. The lowest BCUT2D eigenvalue weighted by Gasteiger charge is -2.18. The van der Waals surface area contributed by atoms with Crippen LogP contribution in [0.5, 0.6) is 0 Å². The van der Waals surface area contributed by atoms with Crippen LogP contribution in [0.25, 0.3) is 0 Å². The molecule has 2 N–H and O–H groups in total. The van der Waals surface area contributed by atoms with Crippen molar-refractivity contribution in [2.75, 3.05) is 33.4 Å². The topological polar surface area (TPSA) is 45.7 Å². The summed E-state index contributed by atoms with van der Waals surface area (Å²) >= 11 is 0. The van der Waals surface area contributed by atoms with Crippen LogP contribution in [0.4, 0.5) is 0 Å². The number of rotatable bonds is 9. The minimum absolute atomic E-state index is 0. The van der Waals surface area contributed by atoms with Gasteiger partial charge in [-0.25, -0.2) is 0 Å². The van der Waals surface area contributed by atoms with E-state index in [2.05, 4.69) is 29.5 Å². The molecule has 1 fully saturated rings. The summed E-state index contributed by atoms with van der Waals surface area (Å²) in [4.78, 5) is 4.25. The number of nitrogens with one attached hydrogen (secondary N) is 2. The number of nitrogens with zero attached hydrogens (tertiary/aromatic N) is 1. The number of hydrogen-bond acceptors (Lipinski definition) is 2. The third-order valence-corrected chi connectivity index (χ3v) is 3.62. The summed E-state index contributed by atoms with van der Waals surface area (Å²) in [7, 11) is 1.83. The molecule has 5 heteroatoms. The van der Waals surface area contributed by atoms with Crippen LogP contribution in [0, 0.1) is 5.41 Å². The van der Waals surface area contributed by atoms with E-state index in [0.717, 1.165) is 32.3 Å². The largest absolute Gasteiger partial charge is 0.382 e. The molecule has 0 spiro atoms. The van der Waals surface area contributed by atoms with E-state index in [1.807, 2.05) is 7.05 Å². The van der Waals surface area contributed by atoms with Gasteiger partial charge in [0.05, 0.1) is 0 Å². The fourth-order valence-electron chi connectivity index (χ4n) is 2.00. The summed E-state index contributed by atoms with van der Waals surface area (Å²) < 4.78 is 5.45. The van der Waals surface area contributed by atoms with Crippen LogP contribution in [0.15, 0.2) is 4.99 Å². The first-order valence-corrected chi connectivity index (χ1v) is 7.28. The molecule has 114 valence electrons. The zero-order chi connectivity index (χ0) is 13.3. The lowest BCUT2D eigenvalue weighted by molar-refractivity contribution is 0.128. The zero-order valence-corrected chi connectivity index (χ0v) is 15.0. The molecule has 4 nitrogen and oxygen atoms in total. The minimum Gasteiger partial charge on any atom is -0.382 e. The Morgan fingerprint density at radius 1 is 1.26 bits per heavy atom. The Kier molecular flexibility index (Phi) is 10.7. The summed E-state index contributed by atoms with van der Waals surface area (Å²) in [6.07, 6.45) is 6.20. The predicted molar refractivity (Wildman–Crippen MR) is 92.5 cm³/mol. The van der Waals surface area contributed by atoms with Crippen molar-refractivity contribution in [2.24, 2.45) is 10.4 Å². The second kappa shape index (κ2) is 10.7. The molecule has 0 amide bonds. The highest BCUT2D eigenvalue weighted by atomic mass is 127. The number of hydrogen-bond donors (Lipinski definition) is 2. The summed E-state index contributed by atoms with van der Waals surface area (Å²) in [5.74, 6) is 0.936. The second-order valence-electron chi connectivity index (χ2n) is 5.15. The predicted octanol–water partition coefficient (Wildman–Crippen LogP) is 2.78. The highest BCUT2D eigenvalue weighted by Gasteiger charge is 2.41. The molecule has 19 heavy (non-hydrogen) atoms. The molecule has 1 aliphatic rings. The van der Waals surface area contributed by atoms with Crippen LogP contribution in [-0.2, 0) is 4.74 Å². The van der Waals surface area contributed by atoms with Gasteiger partial charge < -0.3 is 15.4 Å².